The highest BCUT2D eigenvalue weighted by atomic mass is 35.5. The first-order valence-electron chi connectivity index (χ1n) is 9.70. The molecular weight excluding hydrogens is 388 g/mol. The van der Waals surface area contributed by atoms with Crippen LogP contribution in [0.5, 0.6) is 0 Å². The minimum atomic E-state index is -0.327. The fourth-order valence-corrected chi connectivity index (χ4v) is 3.17. The highest BCUT2D eigenvalue weighted by molar-refractivity contribution is 6.04. The maximum absolute atomic E-state index is 12.8. The number of carbonyl (C=O) groups is 1. The van der Waals surface area contributed by atoms with Gasteiger partial charge in [0.2, 0.25) is 0 Å². The zero-order chi connectivity index (χ0) is 19.9. The number of nitrogens with two attached hydrogens (primary N) is 1. The van der Waals surface area contributed by atoms with Crippen molar-refractivity contribution in [2.75, 3.05) is 6.54 Å². The lowest BCUT2D eigenvalue weighted by atomic mass is 10.1. The predicted molar refractivity (Wildman–Crippen MR) is 118 cm³/mol. The van der Waals surface area contributed by atoms with Gasteiger partial charge in [0.15, 0.2) is 5.69 Å². The Hall–Kier alpha value is -2.70. The standard InChI is InChI=1S/C22H26N4O2.ClH/c1-2-3-9-14-26-22(28)18-13-8-7-12-17(18)20(25-26)21(27)24-15-19(23)16-10-5-4-6-11-16;/h4-8,10-13,19H,2-3,9,14-15,23H2,1H3,(H,24,27);1H. The lowest BCUT2D eigenvalue weighted by molar-refractivity contribution is 0.0945. The van der Waals surface area contributed by atoms with Crippen molar-refractivity contribution >= 4 is 29.1 Å². The van der Waals surface area contributed by atoms with Gasteiger partial charge in [-0.2, -0.15) is 5.10 Å². The number of carbonyl (C=O) groups excluding carboxylic acids is 1. The third-order valence-corrected chi connectivity index (χ3v) is 4.77. The number of nitrogens with zero attached hydrogens (tertiary/aromatic N) is 2. The Kier molecular flexibility index (Phi) is 8.36. The molecule has 1 aromatic heterocycles. The van der Waals surface area contributed by atoms with Crippen LogP contribution in [0.1, 0.15) is 48.3 Å². The molecule has 0 aliphatic carbocycles. The van der Waals surface area contributed by atoms with E-state index in [9.17, 15) is 9.59 Å². The predicted octanol–water partition coefficient (Wildman–Crippen LogP) is 3.44. The summed E-state index contributed by atoms with van der Waals surface area (Å²) in [6.45, 7) is 2.89. The maximum atomic E-state index is 12.8. The second-order valence-corrected chi connectivity index (χ2v) is 6.86. The van der Waals surface area contributed by atoms with E-state index in [-0.39, 0.29) is 42.2 Å². The van der Waals surface area contributed by atoms with Crippen LogP contribution >= 0.6 is 12.4 Å². The number of benzene rings is 2. The lowest BCUT2D eigenvalue weighted by Crippen LogP contribution is -2.34. The molecule has 1 atom stereocenters. The summed E-state index contributed by atoms with van der Waals surface area (Å²) in [5.41, 5.74) is 7.22. The van der Waals surface area contributed by atoms with Crippen LogP contribution in [0, 0.1) is 0 Å². The molecule has 3 aromatic rings. The van der Waals surface area contributed by atoms with Gasteiger partial charge < -0.3 is 11.1 Å². The van der Waals surface area contributed by atoms with Gasteiger partial charge in [0.1, 0.15) is 0 Å². The number of aromatic nitrogens is 2. The second kappa shape index (κ2) is 10.7. The molecule has 3 N–H and O–H groups in total. The molecule has 0 bridgehead atoms. The van der Waals surface area contributed by atoms with Crippen LogP contribution in [0.25, 0.3) is 10.8 Å². The maximum Gasteiger partial charge on any atom is 0.274 e. The molecule has 0 aliphatic rings. The van der Waals surface area contributed by atoms with Gasteiger partial charge in [-0.25, -0.2) is 4.68 Å². The van der Waals surface area contributed by atoms with E-state index >= 15 is 0 Å². The Labute approximate surface area is 176 Å². The van der Waals surface area contributed by atoms with Gasteiger partial charge in [-0.3, -0.25) is 9.59 Å². The van der Waals surface area contributed by atoms with E-state index < -0.39 is 0 Å². The van der Waals surface area contributed by atoms with E-state index in [1.807, 2.05) is 30.3 Å². The molecule has 29 heavy (non-hydrogen) atoms. The largest absolute Gasteiger partial charge is 0.349 e. The van der Waals surface area contributed by atoms with Crippen LogP contribution in [0.2, 0.25) is 0 Å². The minimum Gasteiger partial charge on any atom is -0.349 e. The fraction of sp³-hybridized carbons (Fsp3) is 0.318. The van der Waals surface area contributed by atoms with Gasteiger partial charge in [0, 0.05) is 24.5 Å². The molecule has 1 heterocycles. The number of aryl methyl sites for hydroxylation is 1. The molecule has 154 valence electrons. The van der Waals surface area contributed by atoms with Crippen molar-refractivity contribution in [2.24, 2.45) is 5.73 Å². The number of fused-ring (bicyclic) bond motifs is 1. The molecular formula is C22H27ClN4O2. The van der Waals surface area contributed by atoms with Crippen LogP contribution in [-0.2, 0) is 6.54 Å². The third-order valence-electron chi connectivity index (χ3n) is 4.77. The molecule has 2 aromatic carbocycles. The number of nitrogens with one attached hydrogen (secondary N) is 1. The van der Waals surface area contributed by atoms with E-state index in [0.717, 1.165) is 24.8 Å². The van der Waals surface area contributed by atoms with E-state index in [1.165, 1.54) is 4.68 Å². The Balaban J connectivity index is 0.00000300. The Morgan fingerprint density at radius 1 is 1.07 bits per heavy atom. The Morgan fingerprint density at radius 3 is 2.41 bits per heavy atom. The minimum absolute atomic E-state index is 0. The number of rotatable bonds is 8. The monoisotopic (exact) mass is 414 g/mol. The average molecular weight is 415 g/mol. The molecule has 0 radical (unpaired) electrons. The Bertz CT molecular complexity index is 1000. The first kappa shape index (κ1) is 22.6. The van der Waals surface area contributed by atoms with Gasteiger partial charge in [0.25, 0.3) is 11.5 Å². The van der Waals surface area contributed by atoms with Crippen LogP contribution in [0.15, 0.2) is 59.4 Å². The highest BCUT2D eigenvalue weighted by Gasteiger charge is 2.17. The van der Waals surface area contributed by atoms with Gasteiger partial charge in [-0.1, -0.05) is 68.3 Å². The molecule has 1 unspecified atom stereocenters. The summed E-state index contributed by atoms with van der Waals surface area (Å²) >= 11 is 0. The van der Waals surface area contributed by atoms with Gasteiger partial charge in [-0.15, -0.1) is 12.4 Å². The van der Waals surface area contributed by atoms with Crippen molar-refractivity contribution in [3.63, 3.8) is 0 Å². The number of amides is 1. The average Bonchev–Trinajstić information content (AvgIpc) is 2.74. The zero-order valence-corrected chi connectivity index (χ0v) is 17.3. The third kappa shape index (κ3) is 5.43. The van der Waals surface area contributed by atoms with Crippen LogP contribution in [0.3, 0.4) is 0 Å². The quantitative estimate of drug-likeness (QED) is 0.552. The molecule has 7 heteroatoms. The summed E-state index contributed by atoms with van der Waals surface area (Å²) in [5, 5.41) is 8.30. The topological polar surface area (TPSA) is 90.0 Å². The molecule has 0 saturated heterocycles. The van der Waals surface area contributed by atoms with Gasteiger partial charge in [-0.05, 0) is 18.1 Å². The van der Waals surface area contributed by atoms with Crippen molar-refractivity contribution in [3.05, 3.63) is 76.2 Å². The summed E-state index contributed by atoms with van der Waals surface area (Å²) in [4.78, 5) is 25.5. The zero-order valence-electron chi connectivity index (χ0n) is 16.5. The smallest absolute Gasteiger partial charge is 0.274 e. The lowest BCUT2D eigenvalue weighted by Gasteiger charge is -2.14. The van der Waals surface area contributed by atoms with Crippen molar-refractivity contribution in [1.82, 2.24) is 15.1 Å². The molecule has 1 amide bonds. The Morgan fingerprint density at radius 2 is 1.72 bits per heavy atom. The van der Waals surface area contributed by atoms with Crippen LogP contribution in [0.4, 0.5) is 0 Å². The van der Waals surface area contributed by atoms with E-state index in [4.69, 9.17) is 5.73 Å². The first-order chi connectivity index (χ1) is 13.6. The van der Waals surface area contributed by atoms with E-state index in [1.54, 1.807) is 24.3 Å². The first-order valence-corrected chi connectivity index (χ1v) is 9.70. The van der Waals surface area contributed by atoms with Gasteiger partial charge >= 0.3 is 0 Å². The van der Waals surface area contributed by atoms with Crippen molar-refractivity contribution in [1.29, 1.82) is 0 Å². The second-order valence-electron chi connectivity index (χ2n) is 6.86. The summed E-state index contributed by atoms with van der Waals surface area (Å²) < 4.78 is 1.41. The van der Waals surface area contributed by atoms with E-state index in [0.29, 0.717) is 17.3 Å². The molecule has 0 fully saturated rings. The summed E-state index contributed by atoms with van der Waals surface area (Å²) in [5.74, 6) is -0.327. The van der Waals surface area contributed by atoms with E-state index in [2.05, 4.69) is 17.3 Å². The van der Waals surface area contributed by atoms with Crippen LogP contribution < -0.4 is 16.6 Å². The van der Waals surface area contributed by atoms with Crippen molar-refractivity contribution in [2.45, 2.75) is 38.8 Å². The normalized spacial score (nSPS) is 11.7. The summed E-state index contributed by atoms with van der Waals surface area (Å²) in [6.07, 6.45) is 2.91. The SMILES string of the molecule is CCCCCn1nc(C(=O)NCC(N)c2ccccc2)c2ccccc2c1=O.Cl. The summed E-state index contributed by atoms with van der Waals surface area (Å²) in [6, 6.07) is 16.4. The molecule has 6 nitrogen and oxygen atoms in total. The van der Waals surface area contributed by atoms with Gasteiger partial charge in [0.05, 0.1) is 5.39 Å². The number of unbranched alkanes of at least 4 members (excludes halogenated alkanes) is 2. The molecule has 0 aliphatic heterocycles. The number of hydrogen-bond acceptors (Lipinski definition) is 4. The van der Waals surface area contributed by atoms with Crippen molar-refractivity contribution in [3.8, 4) is 0 Å². The fourth-order valence-electron chi connectivity index (χ4n) is 3.17. The highest BCUT2D eigenvalue weighted by Crippen LogP contribution is 2.14. The number of hydrogen-bond donors (Lipinski definition) is 2. The molecule has 0 spiro atoms. The summed E-state index contributed by atoms with van der Waals surface area (Å²) in [7, 11) is 0. The van der Waals surface area contributed by atoms with Crippen LogP contribution in [-0.4, -0.2) is 22.2 Å². The number of halogens is 1. The molecule has 0 saturated carbocycles. The van der Waals surface area contributed by atoms with Crippen molar-refractivity contribution < 1.29 is 4.79 Å². The molecule has 3 rings (SSSR count).